The number of aryl methyl sites for hydroxylation is 2. The number of hydrogen-bond donors (Lipinski definition) is 3. The van der Waals surface area contributed by atoms with E-state index < -0.39 is 0 Å². The van der Waals surface area contributed by atoms with Crippen LogP contribution >= 0.6 is 15.9 Å². The van der Waals surface area contributed by atoms with Crippen molar-refractivity contribution in [2.75, 3.05) is 5.32 Å². The molecule has 0 radical (unpaired) electrons. The van der Waals surface area contributed by atoms with E-state index in [1.54, 1.807) is 6.07 Å². The second-order valence-corrected chi connectivity index (χ2v) is 7.39. The first-order valence-corrected chi connectivity index (χ1v) is 9.26. The number of nitrogens with one attached hydrogen (secondary N) is 1. The Balaban J connectivity index is 1.98. The number of halogens is 1. The molecule has 0 amide bonds. The predicted molar refractivity (Wildman–Crippen MR) is 111 cm³/mol. The number of phenolic OH excluding ortho intramolecular Hbond substituents is 2. The van der Waals surface area contributed by atoms with Gasteiger partial charge < -0.3 is 15.5 Å². The molecular formula is C21H18BrN3O2. The summed E-state index contributed by atoms with van der Waals surface area (Å²) in [6, 6.07) is 14.5. The number of para-hydroxylation sites is 1. The first kappa shape index (κ1) is 17.4. The number of nitrogens with zero attached hydrogens (tertiary/aromatic N) is 2. The summed E-state index contributed by atoms with van der Waals surface area (Å²) in [7, 11) is 0. The van der Waals surface area contributed by atoms with Crippen molar-refractivity contribution in [3.8, 4) is 22.8 Å². The summed E-state index contributed by atoms with van der Waals surface area (Å²) >= 11 is 3.51. The standard InChI is InChI=1S/C21H18BrN3O2/c1-12-4-3-5-13(2)19(12)24-21-20(16-8-7-15(26)10-17(16)27)23-18-9-6-14(22)11-25(18)21/h3-11,24,26-27H,1-2H3. The molecule has 0 atom stereocenters. The summed E-state index contributed by atoms with van der Waals surface area (Å²) in [5.41, 5.74) is 5.12. The minimum atomic E-state index is -0.0259. The fourth-order valence-corrected chi connectivity index (χ4v) is 3.51. The molecule has 0 bridgehead atoms. The summed E-state index contributed by atoms with van der Waals surface area (Å²) < 4.78 is 2.86. The van der Waals surface area contributed by atoms with E-state index in [4.69, 9.17) is 4.98 Å². The highest BCUT2D eigenvalue weighted by atomic mass is 79.9. The number of pyridine rings is 1. The molecule has 3 N–H and O–H groups in total. The van der Waals surface area contributed by atoms with Crippen LogP contribution in [0.25, 0.3) is 16.9 Å². The highest BCUT2D eigenvalue weighted by molar-refractivity contribution is 9.10. The maximum Gasteiger partial charge on any atom is 0.143 e. The van der Waals surface area contributed by atoms with Crippen LogP contribution in [0.2, 0.25) is 0 Å². The molecular weight excluding hydrogens is 406 g/mol. The van der Waals surface area contributed by atoms with Crippen molar-refractivity contribution < 1.29 is 10.2 Å². The van der Waals surface area contributed by atoms with E-state index in [1.807, 2.05) is 54.8 Å². The zero-order valence-corrected chi connectivity index (χ0v) is 16.4. The molecule has 0 aliphatic heterocycles. The lowest BCUT2D eigenvalue weighted by Crippen LogP contribution is -2.00. The zero-order valence-electron chi connectivity index (χ0n) is 14.9. The Morgan fingerprint density at radius 3 is 2.44 bits per heavy atom. The summed E-state index contributed by atoms with van der Waals surface area (Å²) in [6.45, 7) is 4.10. The molecule has 5 nitrogen and oxygen atoms in total. The summed E-state index contributed by atoms with van der Waals surface area (Å²) in [6.07, 6.45) is 1.93. The average Bonchev–Trinajstić information content (AvgIpc) is 2.96. The lowest BCUT2D eigenvalue weighted by atomic mass is 10.1. The molecule has 0 saturated heterocycles. The maximum atomic E-state index is 10.4. The van der Waals surface area contributed by atoms with Gasteiger partial charge in [0.05, 0.1) is 0 Å². The Bertz CT molecular complexity index is 1150. The number of aromatic nitrogens is 2. The number of aromatic hydroxyl groups is 2. The molecule has 0 spiro atoms. The van der Waals surface area contributed by atoms with Gasteiger partial charge in [0.1, 0.15) is 28.7 Å². The molecule has 0 saturated carbocycles. The molecule has 2 aromatic heterocycles. The van der Waals surface area contributed by atoms with Gasteiger partial charge in [0.2, 0.25) is 0 Å². The molecule has 4 aromatic rings. The van der Waals surface area contributed by atoms with Crippen LogP contribution in [0.3, 0.4) is 0 Å². The van der Waals surface area contributed by atoms with E-state index in [0.717, 1.165) is 32.8 Å². The third-order valence-corrected chi connectivity index (χ3v) is 5.01. The second-order valence-electron chi connectivity index (χ2n) is 6.48. The third-order valence-electron chi connectivity index (χ3n) is 4.54. The molecule has 2 aromatic carbocycles. The number of benzene rings is 2. The molecule has 0 aliphatic rings. The van der Waals surface area contributed by atoms with Crippen LogP contribution in [-0.4, -0.2) is 19.6 Å². The predicted octanol–water partition coefficient (Wildman–Crippen LogP) is 5.54. The number of phenols is 2. The van der Waals surface area contributed by atoms with Gasteiger partial charge in [-0.3, -0.25) is 4.40 Å². The lowest BCUT2D eigenvalue weighted by Gasteiger charge is -2.14. The van der Waals surface area contributed by atoms with Crippen molar-refractivity contribution in [2.45, 2.75) is 13.8 Å². The van der Waals surface area contributed by atoms with Crippen molar-refractivity contribution in [1.29, 1.82) is 0 Å². The molecule has 136 valence electrons. The summed E-state index contributed by atoms with van der Waals surface area (Å²) in [5, 5.41) is 23.5. The fourth-order valence-electron chi connectivity index (χ4n) is 3.18. The minimum Gasteiger partial charge on any atom is -0.508 e. The van der Waals surface area contributed by atoms with Crippen LogP contribution < -0.4 is 5.32 Å². The van der Waals surface area contributed by atoms with Crippen LogP contribution in [0.4, 0.5) is 11.5 Å². The number of anilines is 2. The Kier molecular flexibility index (Phi) is 4.28. The van der Waals surface area contributed by atoms with Crippen molar-refractivity contribution >= 4 is 33.1 Å². The van der Waals surface area contributed by atoms with Crippen LogP contribution in [-0.2, 0) is 0 Å². The molecule has 0 unspecified atom stereocenters. The maximum absolute atomic E-state index is 10.4. The molecule has 6 heteroatoms. The Morgan fingerprint density at radius 2 is 1.74 bits per heavy atom. The van der Waals surface area contributed by atoms with E-state index >= 15 is 0 Å². The van der Waals surface area contributed by atoms with E-state index in [0.29, 0.717) is 11.3 Å². The SMILES string of the molecule is Cc1cccc(C)c1Nc1c(-c2ccc(O)cc2O)nc2ccc(Br)cn12. The summed E-state index contributed by atoms with van der Waals surface area (Å²) in [5.74, 6) is 0.721. The minimum absolute atomic E-state index is 0.00650. The lowest BCUT2D eigenvalue weighted by molar-refractivity contribution is 0.452. The third kappa shape index (κ3) is 3.13. The number of imidazole rings is 1. The Morgan fingerprint density at radius 1 is 1.00 bits per heavy atom. The first-order chi connectivity index (χ1) is 12.9. The summed E-state index contributed by atoms with van der Waals surface area (Å²) in [4.78, 5) is 4.71. The highest BCUT2D eigenvalue weighted by Gasteiger charge is 2.19. The smallest absolute Gasteiger partial charge is 0.143 e. The quantitative estimate of drug-likeness (QED) is 0.404. The zero-order chi connectivity index (χ0) is 19.1. The van der Waals surface area contributed by atoms with Gasteiger partial charge in [-0.05, 0) is 65.2 Å². The number of hydrogen-bond acceptors (Lipinski definition) is 4. The molecule has 2 heterocycles. The van der Waals surface area contributed by atoms with Gasteiger partial charge in [0, 0.05) is 28.0 Å². The van der Waals surface area contributed by atoms with E-state index in [9.17, 15) is 10.2 Å². The number of rotatable bonds is 3. The first-order valence-electron chi connectivity index (χ1n) is 8.47. The topological polar surface area (TPSA) is 69.8 Å². The van der Waals surface area contributed by atoms with Gasteiger partial charge in [0.25, 0.3) is 0 Å². The number of fused-ring (bicyclic) bond motifs is 1. The van der Waals surface area contributed by atoms with Crippen molar-refractivity contribution in [3.63, 3.8) is 0 Å². The van der Waals surface area contributed by atoms with Crippen molar-refractivity contribution in [1.82, 2.24) is 9.38 Å². The normalized spacial score (nSPS) is 11.1. The fraction of sp³-hybridized carbons (Fsp3) is 0.0952. The Hall–Kier alpha value is -2.99. The van der Waals surface area contributed by atoms with Crippen molar-refractivity contribution in [3.05, 3.63) is 70.3 Å². The van der Waals surface area contributed by atoms with E-state index in [2.05, 4.69) is 21.2 Å². The van der Waals surface area contributed by atoms with Crippen LogP contribution in [0, 0.1) is 13.8 Å². The van der Waals surface area contributed by atoms with Gasteiger partial charge in [-0.15, -0.1) is 0 Å². The molecule has 4 rings (SSSR count). The molecule has 27 heavy (non-hydrogen) atoms. The average molecular weight is 424 g/mol. The van der Waals surface area contributed by atoms with Crippen LogP contribution in [0.15, 0.2) is 59.2 Å². The highest BCUT2D eigenvalue weighted by Crippen LogP contribution is 2.38. The molecule has 0 fully saturated rings. The van der Waals surface area contributed by atoms with Crippen molar-refractivity contribution in [2.24, 2.45) is 0 Å². The Labute approximate surface area is 165 Å². The molecule has 0 aliphatic carbocycles. The monoisotopic (exact) mass is 423 g/mol. The van der Waals surface area contributed by atoms with E-state index in [-0.39, 0.29) is 11.5 Å². The van der Waals surface area contributed by atoms with Crippen LogP contribution in [0.5, 0.6) is 11.5 Å². The second kappa shape index (κ2) is 6.63. The van der Waals surface area contributed by atoms with Gasteiger partial charge in [-0.1, -0.05) is 18.2 Å². The largest absolute Gasteiger partial charge is 0.508 e. The van der Waals surface area contributed by atoms with Gasteiger partial charge in [0.15, 0.2) is 0 Å². The van der Waals surface area contributed by atoms with Gasteiger partial charge in [-0.25, -0.2) is 4.98 Å². The van der Waals surface area contributed by atoms with Gasteiger partial charge in [-0.2, -0.15) is 0 Å². The van der Waals surface area contributed by atoms with Gasteiger partial charge >= 0.3 is 0 Å². The van der Waals surface area contributed by atoms with E-state index in [1.165, 1.54) is 12.1 Å². The van der Waals surface area contributed by atoms with Crippen LogP contribution in [0.1, 0.15) is 11.1 Å².